The molecular weight excluding hydrogens is 237 g/mol. The number of anilines is 1. The molecule has 0 radical (unpaired) electrons. The normalized spacial score (nSPS) is 11.0. The molecule has 0 heterocycles. The molecule has 1 aromatic carbocycles. The highest BCUT2D eigenvalue weighted by molar-refractivity contribution is 6.04. The van der Waals surface area contributed by atoms with E-state index in [-0.39, 0.29) is 5.69 Å². The number of allylic oxidation sites excluding steroid dienone is 3. The summed E-state index contributed by atoms with van der Waals surface area (Å²) in [5.74, 6) is -2.85. The van der Waals surface area contributed by atoms with E-state index in [9.17, 15) is 14.0 Å². The van der Waals surface area contributed by atoms with Gasteiger partial charge in [-0.2, -0.15) is 0 Å². The summed E-state index contributed by atoms with van der Waals surface area (Å²) in [4.78, 5) is 22.3. The number of hydrogen-bond acceptors (Lipinski definition) is 2. The zero-order chi connectivity index (χ0) is 13.5. The van der Waals surface area contributed by atoms with E-state index >= 15 is 0 Å². The summed E-state index contributed by atoms with van der Waals surface area (Å²) in [7, 11) is 0. The third-order valence-corrected chi connectivity index (χ3v) is 2.04. The highest BCUT2D eigenvalue weighted by Gasteiger charge is 2.16. The minimum absolute atomic E-state index is 0.0716. The predicted molar refractivity (Wildman–Crippen MR) is 65.9 cm³/mol. The van der Waals surface area contributed by atoms with E-state index in [1.807, 2.05) is 0 Å². The van der Waals surface area contributed by atoms with Gasteiger partial charge in [0.15, 0.2) is 0 Å². The molecule has 0 aliphatic carbocycles. The molecule has 1 aromatic rings. The van der Waals surface area contributed by atoms with E-state index in [1.165, 1.54) is 24.3 Å². The molecule has 18 heavy (non-hydrogen) atoms. The number of carboxylic acid groups (broad SMARTS) is 1. The first-order valence-electron chi connectivity index (χ1n) is 5.18. The van der Waals surface area contributed by atoms with E-state index < -0.39 is 23.3 Å². The lowest BCUT2D eigenvalue weighted by atomic mass is 10.1. The SMILES string of the molecule is C/C=C/C=C/C(=O)Nc1cccc(F)c1C(=O)O. The Hall–Kier alpha value is -2.43. The number of halogens is 1. The summed E-state index contributed by atoms with van der Waals surface area (Å²) >= 11 is 0. The van der Waals surface area contributed by atoms with Gasteiger partial charge in [-0.05, 0) is 19.1 Å². The molecule has 0 saturated carbocycles. The van der Waals surface area contributed by atoms with Gasteiger partial charge in [-0.3, -0.25) is 4.79 Å². The maximum Gasteiger partial charge on any atom is 0.340 e. The minimum atomic E-state index is -1.43. The van der Waals surface area contributed by atoms with Gasteiger partial charge in [-0.25, -0.2) is 9.18 Å². The third-order valence-electron chi connectivity index (χ3n) is 2.04. The van der Waals surface area contributed by atoms with E-state index in [0.717, 1.165) is 6.07 Å². The quantitative estimate of drug-likeness (QED) is 0.636. The number of aromatic carboxylic acids is 1. The number of rotatable bonds is 4. The zero-order valence-electron chi connectivity index (χ0n) is 9.68. The molecule has 0 unspecified atom stereocenters. The summed E-state index contributed by atoms with van der Waals surface area (Å²) in [5.41, 5.74) is -0.622. The van der Waals surface area contributed by atoms with Crippen molar-refractivity contribution >= 4 is 17.6 Å². The predicted octanol–water partition coefficient (Wildman–Crippen LogP) is 2.59. The van der Waals surface area contributed by atoms with E-state index in [2.05, 4.69) is 5.32 Å². The maximum absolute atomic E-state index is 13.3. The Labute approximate surface area is 103 Å². The fraction of sp³-hybridized carbons (Fsp3) is 0.0769. The first kappa shape index (κ1) is 13.6. The molecule has 0 fully saturated rings. The van der Waals surface area contributed by atoms with Crippen LogP contribution < -0.4 is 5.32 Å². The topological polar surface area (TPSA) is 66.4 Å². The van der Waals surface area contributed by atoms with Crippen molar-refractivity contribution in [1.82, 2.24) is 0 Å². The van der Waals surface area contributed by atoms with Crippen LogP contribution in [0.1, 0.15) is 17.3 Å². The Balaban J connectivity index is 2.94. The average molecular weight is 249 g/mol. The number of carbonyl (C=O) groups is 2. The van der Waals surface area contributed by atoms with Gasteiger partial charge in [0.25, 0.3) is 0 Å². The molecule has 0 spiro atoms. The summed E-state index contributed by atoms with van der Waals surface area (Å²) < 4.78 is 13.3. The van der Waals surface area contributed by atoms with Gasteiger partial charge in [0.1, 0.15) is 11.4 Å². The number of carboxylic acids is 1. The lowest BCUT2D eigenvalue weighted by molar-refractivity contribution is -0.111. The zero-order valence-corrected chi connectivity index (χ0v) is 9.68. The minimum Gasteiger partial charge on any atom is -0.478 e. The van der Waals surface area contributed by atoms with Crippen LogP contribution in [0.5, 0.6) is 0 Å². The highest BCUT2D eigenvalue weighted by Crippen LogP contribution is 2.18. The van der Waals surface area contributed by atoms with Gasteiger partial charge < -0.3 is 10.4 Å². The van der Waals surface area contributed by atoms with Crippen LogP contribution in [-0.2, 0) is 4.79 Å². The largest absolute Gasteiger partial charge is 0.478 e. The van der Waals surface area contributed by atoms with Crippen molar-refractivity contribution in [2.24, 2.45) is 0 Å². The molecule has 1 rings (SSSR count). The molecule has 2 N–H and O–H groups in total. The van der Waals surface area contributed by atoms with Crippen molar-refractivity contribution in [2.45, 2.75) is 6.92 Å². The van der Waals surface area contributed by atoms with Gasteiger partial charge >= 0.3 is 5.97 Å². The molecule has 0 bridgehead atoms. The second-order valence-corrected chi connectivity index (χ2v) is 3.34. The molecule has 1 amide bonds. The van der Waals surface area contributed by atoms with Crippen molar-refractivity contribution in [1.29, 1.82) is 0 Å². The van der Waals surface area contributed by atoms with Gasteiger partial charge in [-0.1, -0.05) is 24.3 Å². The second-order valence-electron chi connectivity index (χ2n) is 3.34. The van der Waals surface area contributed by atoms with Gasteiger partial charge in [0.2, 0.25) is 5.91 Å². The van der Waals surface area contributed by atoms with E-state index in [4.69, 9.17) is 5.11 Å². The Kier molecular flexibility index (Phi) is 4.80. The molecule has 0 aliphatic rings. The van der Waals surface area contributed by atoms with Gasteiger partial charge in [0.05, 0.1) is 5.69 Å². The smallest absolute Gasteiger partial charge is 0.340 e. The highest BCUT2D eigenvalue weighted by atomic mass is 19.1. The van der Waals surface area contributed by atoms with Crippen LogP contribution in [0, 0.1) is 5.82 Å². The second kappa shape index (κ2) is 6.34. The van der Waals surface area contributed by atoms with Crippen LogP contribution in [0.25, 0.3) is 0 Å². The van der Waals surface area contributed by atoms with Crippen molar-refractivity contribution in [3.8, 4) is 0 Å². The van der Waals surface area contributed by atoms with Crippen molar-refractivity contribution < 1.29 is 19.1 Å². The number of benzene rings is 1. The Morgan fingerprint density at radius 3 is 2.67 bits per heavy atom. The molecule has 4 nitrogen and oxygen atoms in total. The van der Waals surface area contributed by atoms with Gasteiger partial charge in [-0.15, -0.1) is 0 Å². The number of hydrogen-bond donors (Lipinski definition) is 2. The molecule has 0 aromatic heterocycles. The molecule has 94 valence electrons. The van der Waals surface area contributed by atoms with Crippen LogP contribution in [0.3, 0.4) is 0 Å². The lowest BCUT2D eigenvalue weighted by Gasteiger charge is -2.06. The Bertz CT molecular complexity index is 521. The van der Waals surface area contributed by atoms with Crippen LogP contribution in [0.4, 0.5) is 10.1 Å². The monoisotopic (exact) mass is 249 g/mol. The molecule has 0 aliphatic heterocycles. The molecule has 0 atom stereocenters. The standard InChI is InChI=1S/C13H12FNO3/c1-2-3-4-8-11(16)15-10-7-5-6-9(14)12(10)13(17)18/h2-8H,1H3,(H,15,16)(H,17,18)/b3-2+,8-4+. The summed E-state index contributed by atoms with van der Waals surface area (Å²) in [6, 6.07) is 3.68. The summed E-state index contributed by atoms with van der Waals surface area (Å²) in [5, 5.41) is 11.2. The number of carbonyl (C=O) groups excluding carboxylic acids is 1. The van der Waals surface area contributed by atoms with Crippen molar-refractivity contribution in [3.63, 3.8) is 0 Å². The summed E-state index contributed by atoms with van der Waals surface area (Å²) in [6.45, 7) is 1.79. The van der Waals surface area contributed by atoms with Crippen LogP contribution in [0.15, 0.2) is 42.5 Å². The van der Waals surface area contributed by atoms with E-state index in [0.29, 0.717) is 0 Å². The average Bonchev–Trinajstić information content (AvgIpc) is 2.28. The van der Waals surface area contributed by atoms with Crippen molar-refractivity contribution in [3.05, 3.63) is 53.9 Å². The Morgan fingerprint density at radius 1 is 1.33 bits per heavy atom. The van der Waals surface area contributed by atoms with Crippen LogP contribution in [-0.4, -0.2) is 17.0 Å². The fourth-order valence-corrected chi connectivity index (χ4v) is 1.27. The van der Waals surface area contributed by atoms with Gasteiger partial charge in [0, 0.05) is 6.08 Å². The van der Waals surface area contributed by atoms with Crippen LogP contribution >= 0.6 is 0 Å². The van der Waals surface area contributed by atoms with Crippen LogP contribution in [0.2, 0.25) is 0 Å². The fourth-order valence-electron chi connectivity index (χ4n) is 1.27. The first-order valence-corrected chi connectivity index (χ1v) is 5.18. The molecule has 0 saturated heterocycles. The molecular formula is C13H12FNO3. The molecule has 5 heteroatoms. The first-order chi connectivity index (χ1) is 8.56. The third kappa shape index (κ3) is 3.55. The Morgan fingerprint density at radius 2 is 2.06 bits per heavy atom. The van der Waals surface area contributed by atoms with E-state index in [1.54, 1.807) is 19.1 Å². The number of nitrogens with one attached hydrogen (secondary N) is 1. The maximum atomic E-state index is 13.3. The lowest BCUT2D eigenvalue weighted by Crippen LogP contribution is -2.13. The number of amides is 1. The van der Waals surface area contributed by atoms with Crippen molar-refractivity contribution in [2.75, 3.05) is 5.32 Å². The summed E-state index contributed by atoms with van der Waals surface area (Å²) in [6.07, 6.45) is 6.09.